The largest absolute Gasteiger partial charge is 0.492 e. The van der Waals surface area contributed by atoms with Gasteiger partial charge in [-0.3, -0.25) is 4.79 Å². The molecular weight excluding hydrogens is 394 g/mol. The van der Waals surface area contributed by atoms with Crippen LogP contribution in [0.2, 0.25) is 0 Å². The number of ether oxygens (including phenoxy) is 2. The van der Waals surface area contributed by atoms with E-state index in [-0.39, 0.29) is 5.76 Å². The second kappa shape index (κ2) is 9.17. The molecule has 6 heteroatoms. The van der Waals surface area contributed by atoms with Crippen molar-refractivity contribution >= 4 is 28.5 Å². The number of rotatable bonds is 7. The minimum Gasteiger partial charge on any atom is -0.492 e. The Bertz CT molecular complexity index is 1170. The van der Waals surface area contributed by atoms with Gasteiger partial charge >= 0.3 is 5.97 Å². The second-order valence-corrected chi connectivity index (χ2v) is 6.76. The molecule has 0 fully saturated rings. The van der Waals surface area contributed by atoms with Gasteiger partial charge in [-0.25, -0.2) is 4.79 Å². The van der Waals surface area contributed by atoms with E-state index in [0.717, 1.165) is 5.39 Å². The van der Waals surface area contributed by atoms with Gasteiger partial charge < -0.3 is 19.2 Å². The normalized spacial score (nSPS) is 11.6. The van der Waals surface area contributed by atoms with Crippen molar-refractivity contribution in [1.29, 1.82) is 0 Å². The fourth-order valence-corrected chi connectivity index (χ4v) is 3.20. The number of esters is 1. The van der Waals surface area contributed by atoms with Crippen molar-refractivity contribution in [1.82, 2.24) is 0 Å². The third-order valence-electron chi connectivity index (χ3n) is 4.64. The molecule has 6 nitrogen and oxygen atoms in total. The molecule has 1 atom stereocenters. The molecule has 4 rings (SSSR count). The first-order valence-electron chi connectivity index (χ1n) is 9.93. The molecule has 0 spiro atoms. The standard InChI is InChI=1S/C25H21NO5/c1-2-29-21-15-9-7-13-19(21)26-24(27)23(17-10-4-3-5-11-17)31-25(28)22-16-18-12-6-8-14-20(18)30-22/h3-16,23H,2H2,1H3,(H,26,27)/t23-/m0/s1. The molecule has 4 aromatic rings. The average molecular weight is 415 g/mol. The SMILES string of the molecule is CCOc1ccccc1NC(=O)[C@@H](OC(=O)c1cc2ccccc2o1)c1ccccc1. The highest BCUT2D eigenvalue weighted by molar-refractivity contribution is 5.99. The van der Waals surface area contributed by atoms with E-state index in [1.165, 1.54) is 0 Å². The summed E-state index contributed by atoms with van der Waals surface area (Å²) in [7, 11) is 0. The molecule has 0 unspecified atom stereocenters. The lowest BCUT2D eigenvalue weighted by Crippen LogP contribution is -2.26. The van der Waals surface area contributed by atoms with Crippen molar-refractivity contribution in [3.8, 4) is 5.75 Å². The Morgan fingerprint density at radius 2 is 1.65 bits per heavy atom. The van der Waals surface area contributed by atoms with Crippen LogP contribution >= 0.6 is 0 Å². The van der Waals surface area contributed by atoms with Crippen LogP contribution in [0.25, 0.3) is 11.0 Å². The maximum atomic E-state index is 13.1. The lowest BCUT2D eigenvalue weighted by Gasteiger charge is -2.18. The number of hydrogen-bond acceptors (Lipinski definition) is 5. The van der Waals surface area contributed by atoms with Gasteiger partial charge in [0, 0.05) is 10.9 Å². The Labute approximate surface area is 179 Å². The van der Waals surface area contributed by atoms with E-state index in [4.69, 9.17) is 13.9 Å². The van der Waals surface area contributed by atoms with Gasteiger partial charge in [0.1, 0.15) is 11.3 Å². The first kappa shape index (κ1) is 20.2. The van der Waals surface area contributed by atoms with Crippen LogP contribution in [0.5, 0.6) is 5.75 Å². The highest BCUT2D eigenvalue weighted by Gasteiger charge is 2.28. The summed E-state index contributed by atoms with van der Waals surface area (Å²) >= 11 is 0. The van der Waals surface area contributed by atoms with Crippen LogP contribution in [0.1, 0.15) is 29.1 Å². The quantitative estimate of drug-likeness (QED) is 0.411. The molecule has 0 bridgehead atoms. The maximum absolute atomic E-state index is 13.1. The number of carbonyl (C=O) groups excluding carboxylic acids is 2. The summed E-state index contributed by atoms with van der Waals surface area (Å²) in [6.07, 6.45) is -1.17. The zero-order valence-corrected chi connectivity index (χ0v) is 16.9. The minimum absolute atomic E-state index is 0.0321. The summed E-state index contributed by atoms with van der Waals surface area (Å²) in [4.78, 5) is 25.9. The molecule has 3 aromatic carbocycles. The number of fused-ring (bicyclic) bond motifs is 1. The minimum atomic E-state index is -1.17. The summed E-state index contributed by atoms with van der Waals surface area (Å²) in [5, 5.41) is 3.58. The Balaban J connectivity index is 1.60. The summed E-state index contributed by atoms with van der Waals surface area (Å²) in [5.41, 5.74) is 1.61. The lowest BCUT2D eigenvalue weighted by molar-refractivity contribution is -0.125. The Morgan fingerprint density at radius 3 is 2.42 bits per heavy atom. The van der Waals surface area contributed by atoms with Gasteiger partial charge in [-0.1, -0.05) is 60.7 Å². The van der Waals surface area contributed by atoms with Crippen LogP contribution < -0.4 is 10.1 Å². The molecule has 0 aliphatic carbocycles. The fraction of sp³-hybridized carbons (Fsp3) is 0.120. The average Bonchev–Trinajstić information content (AvgIpc) is 3.24. The van der Waals surface area contributed by atoms with E-state index in [9.17, 15) is 9.59 Å². The number of nitrogens with one attached hydrogen (secondary N) is 1. The molecule has 156 valence electrons. The van der Waals surface area contributed by atoms with Gasteiger partial charge in [-0.2, -0.15) is 0 Å². The van der Waals surface area contributed by atoms with E-state index >= 15 is 0 Å². The third-order valence-corrected chi connectivity index (χ3v) is 4.64. The predicted octanol–water partition coefficient (Wildman–Crippen LogP) is 5.37. The Hall–Kier alpha value is -4.06. The summed E-state index contributed by atoms with van der Waals surface area (Å²) in [6.45, 7) is 2.32. The summed E-state index contributed by atoms with van der Waals surface area (Å²) < 4.78 is 16.8. The molecule has 1 amide bonds. The monoisotopic (exact) mass is 415 g/mol. The van der Waals surface area contributed by atoms with Crippen molar-refractivity contribution in [2.24, 2.45) is 0 Å². The number of hydrogen-bond donors (Lipinski definition) is 1. The van der Waals surface area contributed by atoms with E-state index in [1.807, 2.05) is 37.3 Å². The number of anilines is 1. The van der Waals surface area contributed by atoms with Crippen molar-refractivity contribution in [2.75, 3.05) is 11.9 Å². The van der Waals surface area contributed by atoms with E-state index in [1.54, 1.807) is 54.6 Å². The number of para-hydroxylation sites is 3. The smallest absolute Gasteiger partial charge is 0.375 e. The molecule has 1 heterocycles. The van der Waals surface area contributed by atoms with Crippen LogP contribution in [0.15, 0.2) is 89.3 Å². The summed E-state index contributed by atoms with van der Waals surface area (Å²) in [6, 6.07) is 24.8. The molecule has 1 N–H and O–H groups in total. The van der Waals surface area contributed by atoms with Gasteiger partial charge in [0.05, 0.1) is 12.3 Å². The van der Waals surface area contributed by atoms with Gasteiger partial charge in [0.2, 0.25) is 11.9 Å². The topological polar surface area (TPSA) is 77.8 Å². The van der Waals surface area contributed by atoms with Crippen LogP contribution in [-0.2, 0) is 9.53 Å². The first-order chi connectivity index (χ1) is 15.2. The first-order valence-corrected chi connectivity index (χ1v) is 9.93. The van der Waals surface area contributed by atoms with Crippen molar-refractivity contribution < 1.29 is 23.5 Å². The molecule has 0 radical (unpaired) electrons. The van der Waals surface area contributed by atoms with E-state index in [2.05, 4.69) is 5.32 Å². The number of furan rings is 1. The van der Waals surface area contributed by atoms with E-state index < -0.39 is 18.0 Å². The third kappa shape index (κ3) is 4.59. The van der Waals surface area contributed by atoms with Gasteiger partial charge in [0.25, 0.3) is 5.91 Å². The van der Waals surface area contributed by atoms with Gasteiger partial charge in [-0.15, -0.1) is 0 Å². The van der Waals surface area contributed by atoms with E-state index in [0.29, 0.717) is 29.2 Å². The number of carbonyl (C=O) groups is 2. The van der Waals surface area contributed by atoms with Crippen molar-refractivity contribution in [3.63, 3.8) is 0 Å². The second-order valence-electron chi connectivity index (χ2n) is 6.76. The lowest BCUT2D eigenvalue weighted by atomic mass is 10.1. The van der Waals surface area contributed by atoms with Crippen molar-refractivity contribution in [3.05, 3.63) is 96.3 Å². The van der Waals surface area contributed by atoms with Gasteiger partial charge in [0.15, 0.2) is 0 Å². The van der Waals surface area contributed by atoms with Crippen LogP contribution in [0.3, 0.4) is 0 Å². The molecule has 0 aliphatic rings. The molecule has 1 aromatic heterocycles. The molecule has 0 aliphatic heterocycles. The molecule has 31 heavy (non-hydrogen) atoms. The maximum Gasteiger partial charge on any atom is 0.375 e. The zero-order valence-electron chi connectivity index (χ0n) is 16.9. The fourth-order valence-electron chi connectivity index (χ4n) is 3.20. The van der Waals surface area contributed by atoms with Crippen LogP contribution in [0.4, 0.5) is 5.69 Å². The highest BCUT2D eigenvalue weighted by atomic mass is 16.6. The number of amides is 1. The van der Waals surface area contributed by atoms with Gasteiger partial charge in [-0.05, 0) is 31.2 Å². The summed E-state index contributed by atoms with van der Waals surface area (Å²) in [5.74, 6) is -0.653. The molecule has 0 saturated heterocycles. The highest BCUT2D eigenvalue weighted by Crippen LogP contribution is 2.28. The number of benzene rings is 3. The van der Waals surface area contributed by atoms with Crippen molar-refractivity contribution in [2.45, 2.75) is 13.0 Å². The Morgan fingerprint density at radius 1 is 0.935 bits per heavy atom. The Kier molecular flexibility index (Phi) is 5.98. The van der Waals surface area contributed by atoms with Crippen LogP contribution in [0, 0.1) is 0 Å². The molecule has 0 saturated carbocycles. The zero-order chi connectivity index (χ0) is 21.6. The predicted molar refractivity (Wildman–Crippen MR) is 117 cm³/mol. The van der Waals surface area contributed by atoms with Crippen LogP contribution in [-0.4, -0.2) is 18.5 Å². The molecular formula is C25H21NO5.